The number of H-pyrrole nitrogens is 1. The Kier molecular flexibility index (Phi) is 9.74. The molecule has 2 aromatic carbocycles. The van der Waals surface area contributed by atoms with Gasteiger partial charge >= 0.3 is 17.9 Å². The van der Waals surface area contributed by atoms with Gasteiger partial charge in [-0.15, -0.1) is 0 Å². The molecule has 45 heavy (non-hydrogen) atoms. The fourth-order valence-electron chi connectivity index (χ4n) is 4.50. The first-order valence-corrected chi connectivity index (χ1v) is 13.6. The third-order valence-electron chi connectivity index (χ3n) is 6.63. The van der Waals surface area contributed by atoms with E-state index in [1.807, 2.05) is 67.6 Å². The van der Waals surface area contributed by atoms with Gasteiger partial charge in [-0.3, -0.25) is 29.3 Å². The number of Topliss-reactive ketones (excluding diaryl/α,β-unsaturated/α-hetero) is 1. The molecule has 0 saturated carbocycles. The van der Waals surface area contributed by atoms with E-state index >= 15 is 0 Å². The number of aromatic nitrogens is 5. The Hall–Kier alpha value is -5.82. The number of nitrogens with one attached hydrogen (secondary N) is 1. The highest BCUT2D eigenvalue weighted by Crippen LogP contribution is 2.31. The number of rotatable bonds is 10. The van der Waals surface area contributed by atoms with Gasteiger partial charge in [0.15, 0.2) is 11.4 Å². The van der Waals surface area contributed by atoms with E-state index in [0.717, 1.165) is 50.8 Å². The van der Waals surface area contributed by atoms with Crippen LogP contribution < -0.4 is 0 Å². The highest BCUT2D eigenvalue weighted by atomic mass is 16.4. The van der Waals surface area contributed by atoms with E-state index in [-0.39, 0.29) is 5.78 Å². The lowest BCUT2D eigenvalue weighted by Crippen LogP contribution is -2.42. The van der Waals surface area contributed by atoms with Crippen molar-refractivity contribution in [2.45, 2.75) is 38.7 Å². The zero-order valence-electron chi connectivity index (χ0n) is 24.3. The molecule has 5 rings (SSSR count). The molecule has 230 valence electrons. The van der Waals surface area contributed by atoms with Gasteiger partial charge in [0.2, 0.25) is 0 Å². The van der Waals surface area contributed by atoms with E-state index in [0.29, 0.717) is 12.0 Å². The van der Waals surface area contributed by atoms with Gasteiger partial charge in [-0.05, 0) is 49.7 Å². The molecule has 0 aliphatic carbocycles. The number of aryl methyl sites for hydroxylation is 1. The van der Waals surface area contributed by atoms with Crippen LogP contribution in [0.5, 0.6) is 0 Å². The van der Waals surface area contributed by atoms with Crippen LogP contribution in [-0.2, 0) is 20.8 Å². The van der Waals surface area contributed by atoms with E-state index in [4.69, 9.17) is 30.4 Å². The summed E-state index contributed by atoms with van der Waals surface area (Å²) in [5.41, 5.74) is 5.00. The minimum Gasteiger partial charge on any atom is -0.481 e. The van der Waals surface area contributed by atoms with Crippen LogP contribution in [0.25, 0.3) is 33.7 Å². The summed E-state index contributed by atoms with van der Waals surface area (Å²) in [6, 6.07) is 19.6. The van der Waals surface area contributed by atoms with Crippen molar-refractivity contribution >= 4 is 34.7 Å². The number of aromatic amines is 1. The Labute approximate surface area is 256 Å². The van der Waals surface area contributed by atoms with Crippen molar-refractivity contribution in [2.24, 2.45) is 0 Å². The summed E-state index contributed by atoms with van der Waals surface area (Å²) >= 11 is 0. The summed E-state index contributed by atoms with van der Waals surface area (Å²) in [5.74, 6) is -4.17. The molecule has 0 spiro atoms. The zero-order chi connectivity index (χ0) is 32.7. The normalized spacial score (nSPS) is 11.0. The molecule has 3 aromatic heterocycles. The molecule has 5 aromatic rings. The van der Waals surface area contributed by atoms with Crippen LogP contribution in [0.4, 0.5) is 0 Å². The maximum Gasteiger partial charge on any atom is 0.336 e. The number of benzene rings is 2. The van der Waals surface area contributed by atoms with Crippen molar-refractivity contribution in [2.75, 3.05) is 0 Å². The van der Waals surface area contributed by atoms with E-state index in [9.17, 15) is 19.2 Å². The third kappa shape index (κ3) is 8.18. The maximum absolute atomic E-state index is 11.8. The molecule has 0 saturated heterocycles. The van der Waals surface area contributed by atoms with Crippen molar-refractivity contribution in [1.29, 1.82) is 0 Å². The van der Waals surface area contributed by atoms with Crippen LogP contribution in [0.3, 0.4) is 0 Å². The summed E-state index contributed by atoms with van der Waals surface area (Å²) in [5, 5.41) is 33.8. The van der Waals surface area contributed by atoms with Crippen LogP contribution in [0.1, 0.15) is 47.2 Å². The summed E-state index contributed by atoms with van der Waals surface area (Å²) in [6.45, 7) is 3.55. The standard InChI is InChI=1S/C26H21N5O.C6H8O7/c1-16-5-3-8-22(29-16)26-25(20-9-10-21-23(15-20)28-12-11-27-21)30-24(31-26)14-18-6-4-7-19(13-18)17(2)32;7-3(8)1-6(13,5(11)12)2-4(9)10/h3-13,15H,14H2,1-2H3,(H,30,31);13H,1-2H2,(H,7,8)(H,9,10)(H,11,12). The average Bonchev–Trinajstić information content (AvgIpc) is 3.40. The molecule has 0 aliphatic rings. The van der Waals surface area contributed by atoms with E-state index in [1.54, 1.807) is 19.3 Å². The first-order valence-electron chi connectivity index (χ1n) is 13.6. The number of carboxylic acids is 3. The van der Waals surface area contributed by atoms with Gasteiger partial charge in [0, 0.05) is 35.6 Å². The summed E-state index contributed by atoms with van der Waals surface area (Å²) in [4.78, 5) is 64.2. The molecule has 5 N–H and O–H groups in total. The fraction of sp³-hybridized carbons (Fsp3) is 0.188. The quantitative estimate of drug-likeness (QED) is 0.142. The van der Waals surface area contributed by atoms with Crippen LogP contribution in [0.2, 0.25) is 0 Å². The number of hydrogen-bond acceptors (Lipinski definition) is 9. The van der Waals surface area contributed by atoms with E-state index in [2.05, 4.69) is 15.0 Å². The van der Waals surface area contributed by atoms with Crippen molar-refractivity contribution < 1.29 is 39.6 Å². The first-order chi connectivity index (χ1) is 21.3. The van der Waals surface area contributed by atoms with Crippen LogP contribution in [0, 0.1) is 6.92 Å². The third-order valence-corrected chi connectivity index (χ3v) is 6.63. The van der Waals surface area contributed by atoms with Crippen molar-refractivity contribution in [3.8, 4) is 22.6 Å². The Morgan fingerprint density at radius 3 is 2.11 bits per heavy atom. The lowest BCUT2D eigenvalue weighted by atomic mass is 9.96. The van der Waals surface area contributed by atoms with E-state index < -0.39 is 36.4 Å². The van der Waals surface area contributed by atoms with Gasteiger partial charge in [0.05, 0.1) is 41.0 Å². The number of pyridine rings is 1. The van der Waals surface area contributed by atoms with Gasteiger partial charge in [-0.25, -0.2) is 9.78 Å². The van der Waals surface area contributed by atoms with Gasteiger partial charge in [0.1, 0.15) is 5.82 Å². The highest BCUT2D eigenvalue weighted by Gasteiger charge is 2.40. The zero-order valence-corrected chi connectivity index (χ0v) is 24.3. The first kappa shape index (κ1) is 32.1. The Balaban J connectivity index is 0.000000302. The van der Waals surface area contributed by atoms with Crippen molar-refractivity contribution in [3.05, 3.63) is 95.7 Å². The smallest absolute Gasteiger partial charge is 0.336 e. The second kappa shape index (κ2) is 13.7. The van der Waals surface area contributed by atoms with Crippen LogP contribution >= 0.6 is 0 Å². The number of fused-ring (bicyclic) bond motifs is 1. The number of carboxylic acid groups (broad SMARTS) is 3. The number of aliphatic hydroxyl groups is 1. The largest absolute Gasteiger partial charge is 0.481 e. The van der Waals surface area contributed by atoms with Gasteiger partial charge in [-0.2, -0.15) is 0 Å². The van der Waals surface area contributed by atoms with Gasteiger partial charge in [0.25, 0.3) is 0 Å². The number of nitrogens with zero attached hydrogens (tertiary/aromatic N) is 4. The highest BCUT2D eigenvalue weighted by molar-refractivity contribution is 5.94. The van der Waals surface area contributed by atoms with Crippen molar-refractivity contribution in [1.82, 2.24) is 24.9 Å². The molecule has 0 amide bonds. The number of carbonyl (C=O) groups excluding carboxylic acids is 1. The number of ketones is 1. The SMILES string of the molecule is CC(=O)c1cccc(Cc2nc(-c3ccc4nccnc4c3)c(-c3cccc(C)n3)[nH]2)c1.O=C(O)CC(O)(CC(=O)O)C(=O)O. The van der Waals surface area contributed by atoms with E-state index in [1.165, 1.54) is 0 Å². The second-order valence-electron chi connectivity index (χ2n) is 10.2. The Bertz CT molecular complexity index is 1890. The summed E-state index contributed by atoms with van der Waals surface area (Å²) in [7, 11) is 0. The molecule has 0 bridgehead atoms. The minimum absolute atomic E-state index is 0.0499. The molecular formula is C32H29N5O8. The van der Waals surface area contributed by atoms with Crippen molar-refractivity contribution in [3.63, 3.8) is 0 Å². The molecule has 0 unspecified atom stereocenters. The second-order valence-corrected chi connectivity index (χ2v) is 10.2. The molecule has 0 fully saturated rings. The lowest BCUT2D eigenvalue weighted by molar-refractivity contribution is -0.170. The average molecular weight is 612 g/mol. The van der Waals surface area contributed by atoms with Gasteiger partial charge < -0.3 is 25.4 Å². The molecular weight excluding hydrogens is 582 g/mol. The molecule has 13 nitrogen and oxygen atoms in total. The lowest BCUT2D eigenvalue weighted by Gasteiger charge is -2.18. The summed E-state index contributed by atoms with van der Waals surface area (Å²) in [6.07, 6.45) is 1.66. The Morgan fingerprint density at radius 1 is 0.822 bits per heavy atom. The van der Waals surface area contributed by atoms with Crippen LogP contribution in [-0.4, -0.2) is 74.6 Å². The fourth-order valence-corrected chi connectivity index (χ4v) is 4.50. The topological polar surface area (TPSA) is 217 Å². The molecule has 3 heterocycles. The molecule has 0 radical (unpaired) electrons. The Morgan fingerprint density at radius 2 is 1.49 bits per heavy atom. The number of carbonyl (C=O) groups is 4. The summed E-state index contributed by atoms with van der Waals surface area (Å²) < 4.78 is 0. The molecule has 13 heteroatoms. The number of aliphatic carboxylic acids is 3. The van der Waals surface area contributed by atoms with Gasteiger partial charge in [-0.1, -0.05) is 30.3 Å². The van der Waals surface area contributed by atoms with Crippen LogP contribution in [0.15, 0.2) is 73.1 Å². The molecule has 0 aliphatic heterocycles. The number of imidazole rings is 1. The molecule has 0 atom stereocenters. The minimum atomic E-state index is -2.74. The predicted octanol–water partition coefficient (Wildman–Crippen LogP) is 3.94. The predicted molar refractivity (Wildman–Crippen MR) is 161 cm³/mol. The monoisotopic (exact) mass is 611 g/mol. The maximum atomic E-state index is 11.8. The number of hydrogen-bond donors (Lipinski definition) is 5.